The topological polar surface area (TPSA) is 57.5 Å². The van der Waals surface area contributed by atoms with E-state index in [4.69, 9.17) is 9.79 Å². The zero-order valence-electron chi connectivity index (χ0n) is 6.03. The van der Waals surface area contributed by atoms with E-state index in [1.54, 1.807) is 6.92 Å². The van der Waals surface area contributed by atoms with E-state index in [0.717, 1.165) is 0 Å². The monoisotopic (exact) mass is 162 g/mol. The van der Waals surface area contributed by atoms with Crippen LogP contribution >= 0.6 is 7.60 Å². The van der Waals surface area contributed by atoms with Crippen molar-refractivity contribution in [1.82, 2.24) is 0 Å². The summed E-state index contributed by atoms with van der Waals surface area (Å²) in [6, 6.07) is 0. The highest BCUT2D eigenvalue weighted by atomic mass is 31.2. The van der Waals surface area contributed by atoms with E-state index in [1.807, 2.05) is 0 Å². The quantitative estimate of drug-likeness (QED) is 0.479. The highest BCUT2D eigenvalue weighted by Gasteiger charge is 2.14. The van der Waals surface area contributed by atoms with Gasteiger partial charge in [-0.3, -0.25) is 4.57 Å². The lowest BCUT2D eigenvalue weighted by molar-refractivity contribution is 0.382. The van der Waals surface area contributed by atoms with Crippen molar-refractivity contribution in [3.63, 3.8) is 0 Å². The van der Waals surface area contributed by atoms with E-state index in [0.29, 0.717) is 5.57 Å². The zero-order valence-corrected chi connectivity index (χ0v) is 6.93. The van der Waals surface area contributed by atoms with Crippen LogP contribution in [0.1, 0.15) is 13.8 Å². The minimum Gasteiger partial charge on any atom is -0.321 e. The fourth-order valence-electron chi connectivity index (χ4n) is 0.441. The van der Waals surface area contributed by atoms with Crippen LogP contribution in [0.15, 0.2) is 23.5 Å². The summed E-state index contributed by atoms with van der Waals surface area (Å²) in [5.74, 6) is 0. The van der Waals surface area contributed by atoms with Crippen molar-refractivity contribution >= 4 is 7.60 Å². The van der Waals surface area contributed by atoms with Crippen molar-refractivity contribution in [1.29, 1.82) is 0 Å². The third-order valence-corrected chi connectivity index (χ3v) is 1.96. The molecule has 0 radical (unpaired) electrons. The molecule has 10 heavy (non-hydrogen) atoms. The molecule has 0 amide bonds. The van der Waals surface area contributed by atoms with Gasteiger partial charge in [-0.1, -0.05) is 12.2 Å². The molecule has 0 aromatic rings. The van der Waals surface area contributed by atoms with Gasteiger partial charge in [-0.05, 0) is 19.9 Å². The molecule has 4 heteroatoms. The minimum atomic E-state index is -4.01. The molecule has 0 aliphatic rings. The SMILES string of the molecule is C=C(C)/C=C(\C)P(=O)(O)O. The van der Waals surface area contributed by atoms with Gasteiger partial charge in [0.1, 0.15) is 0 Å². The third-order valence-electron chi connectivity index (χ3n) is 0.915. The summed E-state index contributed by atoms with van der Waals surface area (Å²) in [6.45, 7) is 6.55. The van der Waals surface area contributed by atoms with Crippen LogP contribution in [0.5, 0.6) is 0 Å². The van der Waals surface area contributed by atoms with Crippen LogP contribution in [0.25, 0.3) is 0 Å². The molecule has 0 aromatic carbocycles. The lowest BCUT2D eigenvalue weighted by atomic mass is 10.3. The van der Waals surface area contributed by atoms with E-state index in [1.165, 1.54) is 13.0 Å². The molecule has 3 nitrogen and oxygen atoms in total. The summed E-state index contributed by atoms with van der Waals surface area (Å²) in [5.41, 5.74) is 0.640. The van der Waals surface area contributed by atoms with Gasteiger partial charge in [0.15, 0.2) is 0 Å². The van der Waals surface area contributed by atoms with Gasteiger partial charge in [0.2, 0.25) is 0 Å². The molecule has 0 saturated carbocycles. The lowest BCUT2D eigenvalue weighted by Gasteiger charge is -2.01. The second kappa shape index (κ2) is 3.15. The molecule has 0 unspecified atom stereocenters. The Morgan fingerprint density at radius 1 is 1.50 bits per heavy atom. The van der Waals surface area contributed by atoms with Gasteiger partial charge >= 0.3 is 7.60 Å². The van der Waals surface area contributed by atoms with E-state index in [-0.39, 0.29) is 5.31 Å². The molecule has 0 heterocycles. The van der Waals surface area contributed by atoms with Crippen LogP contribution in [0.3, 0.4) is 0 Å². The van der Waals surface area contributed by atoms with Gasteiger partial charge in [-0.15, -0.1) is 0 Å². The molecular weight excluding hydrogens is 151 g/mol. The van der Waals surface area contributed by atoms with Crippen molar-refractivity contribution in [2.45, 2.75) is 13.8 Å². The van der Waals surface area contributed by atoms with Crippen molar-refractivity contribution in [3.8, 4) is 0 Å². The van der Waals surface area contributed by atoms with Gasteiger partial charge < -0.3 is 9.79 Å². The first-order chi connectivity index (χ1) is 4.34. The zero-order chi connectivity index (χ0) is 8.36. The fraction of sp³-hybridized carbons (Fsp3) is 0.333. The molecule has 0 spiro atoms. The molecule has 0 atom stereocenters. The lowest BCUT2D eigenvalue weighted by Crippen LogP contribution is -1.79. The minimum absolute atomic E-state index is 0.0556. The maximum atomic E-state index is 10.5. The first kappa shape index (κ1) is 9.63. The van der Waals surface area contributed by atoms with Gasteiger partial charge in [-0.25, -0.2) is 0 Å². The smallest absolute Gasteiger partial charge is 0.321 e. The molecule has 0 fully saturated rings. The van der Waals surface area contributed by atoms with Crippen LogP contribution < -0.4 is 0 Å². The fourth-order valence-corrected chi connectivity index (χ4v) is 0.829. The number of rotatable bonds is 2. The maximum absolute atomic E-state index is 10.5. The Kier molecular flexibility index (Phi) is 3.03. The van der Waals surface area contributed by atoms with Crippen LogP contribution in [-0.2, 0) is 4.57 Å². The van der Waals surface area contributed by atoms with Gasteiger partial charge in [0, 0.05) is 5.31 Å². The van der Waals surface area contributed by atoms with Crippen molar-refractivity contribution in [2.24, 2.45) is 0 Å². The largest absolute Gasteiger partial charge is 0.351 e. The van der Waals surface area contributed by atoms with Crippen molar-refractivity contribution in [2.75, 3.05) is 0 Å². The summed E-state index contributed by atoms with van der Waals surface area (Å²) >= 11 is 0. The average molecular weight is 162 g/mol. The second-order valence-corrected chi connectivity index (χ2v) is 3.97. The second-order valence-electron chi connectivity index (χ2n) is 2.18. The van der Waals surface area contributed by atoms with E-state index >= 15 is 0 Å². The van der Waals surface area contributed by atoms with Gasteiger partial charge in [0.05, 0.1) is 0 Å². The molecule has 0 saturated heterocycles. The van der Waals surface area contributed by atoms with Gasteiger partial charge in [-0.2, -0.15) is 0 Å². The standard InChI is InChI=1S/C6H11O3P/c1-5(2)4-6(3)10(7,8)9/h4H,1H2,2-3H3,(H2,7,8,9)/b6-4+. The Balaban J connectivity index is 4.52. The van der Waals surface area contributed by atoms with Crippen LogP contribution in [0.2, 0.25) is 0 Å². The molecule has 0 aromatic heterocycles. The van der Waals surface area contributed by atoms with Crippen molar-refractivity contribution in [3.05, 3.63) is 23.5 Å². The number of hydrogen-bond acceptors (Lipinski definition) is 1. The number of allylic oxidation sites excluding steroid dienone is 3. The highest BCUT2D eigenvalue weighted by molar-refractivity contribution is 7.56. The Morgan fingerprint density at radius 2 is 1.90 bits per heavy atom. The third kappa shape index (κ3) is 3.62. The highest BCUT2D eigenvalue weighted by Crippen LogP contribution is 2.44. The Bertz CT molecular complexity index is 211. The predicted octanol–water partition coefficient (Wildman–Crippen LogP) is 1.64. The molecular formula is C6H11O3P. The summed E-state index contributed by atoms with van der Waals surface area (Å²) < 4.78 is 10.5. The van der Waals surface area contributed by atoms with E-state index < -0.39 is 7.60 Å². The maximum Gasteiger partial charge on any atom is 0.351 e. The molecule has 0 rings (SSSR count). The normalized spacial score (nSPS) is 13.4. The molecule has 0 aliphatic carbocycles. The Labute approximate surface area is 60.2 Å². The molecule has 0 aliphatic heterocycles. The van der Waals surface area contributed by atoms with Gasteiger partial charge in [0.25, 0.3) is 0 Å². The number of hydrogen-bond donors (Lipinski definition) is 2. The Hall–Kier alpha value is -0.370. The predicted molar refractivity (Wildman–Crippen MR) is 40.6 cm³/mol. The Morgan fingerprint density at radius 3 is 2.00 bits per heavy atom. The first-order valence-electron chi connectivity index (χ1n) is 2.74. The summed E-state index contributed by atoms with van der Waals surface area (Å²) in [5, 5.41) is 0.0556. The molecule has 2 N–H and O–H groups in total. The van der Waals surface area contributed by atoms with E-state index in [9.17, 15) is 4.57 Å². The van der Waals surface area contributed by atoms with Crippen LogP contribution in [-0.4, -0.2) is 9.79 Å². The summed E-state index contributed by atoms with van der Waals surface area (Å²) in [6.07, 6.45) is 1.38. The molecule has 58 valence electrons. The van der Waals surface area contributed by atoms with Crippen molar-refractivity contribution < 1.29 is 14.4 Å². The average Bonchev–Trinajstić information content (AvgIpc) is 1.60. The van der Waals surface area contributed by atoms with E-state index in [2.05, 4.69) is 6.58 Å². The first-order valence-corrected chi connectivity index (χ1v) is 4.35. The summed E-state index contributed by atoms with van der Waals surface area (Å²) in [4.78, 5) is 17.1. The van der Waals surface area contributed by atoms with Crippen LogP contribution in [0.4, 0.5) is 0 Å². The summed E-state index contributed by atoms with van der Waals surface area (Å²) in [7, 11) is -4.01. The van der Waals surface area contributed by atoms with Crippen LogP contribution in [0, 0.1) is 0 Å². The molecule has 0 bridgehead atoms.